The summed E-state index contributed by atoms with van der Waals surface area (Å²) in [5.74, 6) is 1.22. The zero-order valence-corrected chi connectivity index (χ0v) is 13.9. The van der Waals surface area contributed by atoms with Crippen molar-refractivity contribution in [2.75, 3.05) is 12.4 Å². The number of benzene rings is 1. The van der Waals surface area contributed by atoms with Gasteiger partial charge in [0.05, 0.1) is 12.0 Å². The van der Waals surface area contributed by atoms with Crippen LogP contribution in [0.4, 0.5) is 5.69 Å². The number of ether oxygens (including phenoxy) is 1. The van der Waals surface area contributed by atoms with E-state index in [0.29, 0.717) is 16.3 Å². The minimum atomic E-state index is -0.175. The number of thiophene rings is 1. The fourth-order valence-electron chi connectivity index (χ4n) is 2.08. The van der Waals surface area contributed by atoms with Crippen LogP contribution in [0.25, 0.3) is 10.7 Å². The van der Waals surface area contributed by atoms with Gasteiger partial charge >= 0.3 is 0 Å². The number of H-pyrrole nitrogens is 1. The predicted octanol–water partition coefficient (Wildman–Crippen LogP) is 3.32. The molecule has 2 aromatic heterocycles. The van der Waals surface area contributed by atoms with Crippen LogP contribution in [0.3, 0.4) is 0 Å². The van der Waals surface area contributed by atoms with Crippen LogP contribution in [0.15, 0.2) is 41.8 Å². The van der Waals surface area contributed by atoms with Crippen molar-refractivity contribution in [3.63, 3.8) is 0 Å². The number of anilines is 1. The van der Waals surface area contributed by atoms with Crippen LogP contribution in [0, 0.1) is 4.77 Å². The molecule has 3 rings (SSSR count). The van der Waals surface area contributed by atoms with Gasteiger partial charge in [-0.15, -0.1) is 11.3 Å². The molecule has 0 radical (unpaired) electrons. The summed E-state index contributed by atoms with van der Waals surface area (Å²) in [6, 6.07) is 11.0. The van der Waals surface area contributed by atoms with E-state index in [1.54, 1.807) is 47.3 Å². The Morgan fingerprint density at radius 3 is 2.83 bits per heavy atom. The van der Waals surface area contributed by atoms with Gasteiger partial charge in [0.15, 0.2) is 10.6 Å². The number of hydrogen-bond acceptors (Lipinski definition) is 5. The summed E-state index contributed by atoms with van der Waals surface area (Å²) in [5.41, 5.74) is 0.698. The molecule has 3 aromatic rings. The number of methoxy groups -OCH3 is 1. The molecule has 0 aliphatic carbocycles. The highest BCUT2D eigenvalue weighted by Crippen LogP contribution is 2.23. The van der Waals surface area contributed by atoms with Crippen LogP contribution in [0.5, 0.6) is 5.75 Å². The van der Waals surface area contributed by atoms with Gasteiger partial charge in [-0.05, 0) is 47.9 Å². The first kappa shape index (κ1) is 15.4. The molecule has 0 unspecified atom stereocenters. The van der Waals surface area contributed by atoms with Gasteiger partial charge in [0, 0.05) is 5.69 Å². The number of nitrogens with one attached hydrogen (secondary N) is 2. The van der Waals surface area contributed by atoms with E-state index < -0.39 is 0 Å². The third kappa shape index (κ3) is 3.49. The van der Waals surface area contributed by atoms with Crippen molar-refractivity contribution < 1.29 is 9.53 Å². The second kappa shape index (κ2) is 6.76. The van der Waals surface area contributed by atoms with Crippen LogP contribution in [0.2, 0.25) is 0 Å². The number of carbonyl (C=O) groups is 1. The molecule has 1 amide bonds. The van der Waals surface area contributed by atoms with E-state index >= 15 is 0 Å². The number of nitrogens with zero attached hydrogens (tertiary/aromatic N) is 2. The van der Waals surface area contributed by atoms with Gasteiger partial charge in [0.25, 0.3) is 0 Å². The van der Waals surface area contributed by atoms with E-state index in [1.807, 2.05) is 17.5 Å². The highest BCUT2D eigenvalue weighted by molar-refractivity contribution is 7.71. The maximum absolute atomic E-state index is 12.3. The summed E-state index contributed by atoms with van der Waals surface area (Å²) >= 11 is 6.76. The molecule has 0 aliphatic heterocycles. The molecule has 0 saturated carbocycles. The summed E-state index contributed by atoms with van der Waals surface area (Å²) in [5, 5.41) is 11.7. The number of amides is 1. The average Bonchev–Trinajstić information content (AvgIpc) is 3.19. The third-order valence-corrected chi connectivity index (χ3v) is 4.35. The van der Waals surface area contributed by atoms with Gasteiger partial charge < -0.3 is 10.1 Å². The van der Waals surface area contributed by atoms with Crippen LogP contribution < -0.4 is 10.1 Å². The lowest BCUT2D eigenvalue weighted by Crippen LogP contribution is -2.19. The third-order valence-electron chi connectivity index (χ3n) is 3.18. The Morgan fingerprint density at radius 2 is 2.17 bits per heavy atom. The Morgan fingerprint density at radius 1 is 1.39 bits per heavy atom. The average molecular weight is 346 g/mol. The molecule has 6 nitrogen and oxygen atoms in total. The lowest BCUT2D eigenvalue weighted by atomic mass is 10.3. The number of carbonyl (C=O) groups excluding carboxylic acids is 1. The normalized spacial score (nSPS) is 10.5. The molecule has 8 heteroatoms. The molecule has 2 N–H and O–H groups in total. The van der Waals surface area contributed by atoms with E-state index in [2.05, 4.69) is 15.5 Å². The number of aromatic nitrogens is 3. The van der Waals surface area contributed by atoms with E-state index in [0.717, 1.165) is 10.6 Å². The summed E-state index contributed by atoms with van der Waals surface area (Å²) in [6.07, 6.45) is 0. The summed E-state index contributed by atoms with van der Waals surface area (Å²) in [7, 11) is 1.60. The van der Waals surface area contributed by atoms with Crippen molar-refractivity contribution in [1.29, 1.82) is 0 Å². The van der Waals surface area contributed by atoms with Gasteiger partial charge in [-0.3, -0.25) is 14.5 Å². The zero-order chi connectivity index (χ0) is 16.2. The first-order chi connectivity index (χ1) is 11.2. The van der Waals surface area contributed by atoms with Crippen molar-refractivity contribution >= 4 is 35.1 Å². The molecule has 1 aromatic carbocycles. The first-order valence-electron chi connectivity index (χ1n) is 6.80. The summed E-state index contributed by atoms with van der Waals surface area (Å²) in [4.78, 5) is 13.2. The standard InChI is InChI=1S/C15H14N4O2S2/c1-21-11-6-4-10(5-7-11)16-13(20)9-19-14(17-18-15(19)22)12-3-2-8-23-12/h2-8H,9H2,1H3,(H,16,20)(H,18,22). The first-order valence-corrected chi connectivity index (χ1v) is 8.09. The fraction of sp³-hybridized carbons (Fsp3) is 0.133. The zero-order valence-electron chi connectivity index (χ0n) is 12.3. The molecule has 0 saturated heterocycles. The lowest BCUT2D eigenvalue weighted by molar-refractivity contribution is -0.116. The topological polar surface area (TPSA) is 71.9 Å². The monoisotopic (exact) mass is 346 g/mol. The molecule has 0 aliphatic rings. The SMILES string of the molecule is COc1ccc(NC(=O)Cn2c(-c3cccs3)n[nH]c2=S)cc1. The molecular weight excluding hydrogens is 332 g/mol. The number of aromatic amines is 1. The molecule has 0 spiro atoms. The van der Waals surface area contributed by atoms with Crippen LogP contribution >= 0.6 is 23.6 Å². The second-order valence-electron chi connectivity index (χ2n) is 4.69. The van der Waals surface area contributed by atoms with Crippen molar-refractivity contribution in [3.05, 3.63) is 46.5 Å². The molecule has 118 valence electrons. The quantitative estimate of drug-likeness (QED) is 0.695. The Balaban J connectivity index is 1.75. The molecular formula is C15H14N4O2S2. The minimum Gasteiger partial charge on any atom is -0.497 e. The van der Waals surface area contributed by atoms with Gasteiger partial charge in [-0.25, -0.2) is 0 Å². The van der Waals surface area contributed by atoms with Gasteiger partial charge in [-0.2, -0.15) is 5.10 Å². The van der Waals surface area contributed by atoms with Crippen molar-refractivity contribution in [2.45, 2.75) is 6.54 Å². The molecule has 0 atom stereocenters. The van der Waals surface area contributed by atoms with Gasteiger partial charge in [0.2, 0.25) is 5.91 Å². The number of hydrogen-bond donors (Lipinski definition) is 2. The van der Waals surface area contributed by atoms with Crippen molar-refractivity contribution in [3.8, 4) is 16.5 Å². The van der Waals surface area contributed by atoms with Gasteiger partial charge in [-0.1, -0.05) is 6.07 Å². The highest BCUT2D eigenvalue weighted by Gasteiger charge is 2.13. The molecule has 0 bridgehead atoms. The summed E-state index contributed by atoms with van der Waals surface area (Å²) in [6.45, 7) is 0.0919. The second-order valence-corrected chi connectivity index (χ2v) is 6.03. The van der Waals surface area contributed by atoms with E-state index in [1.165, 1.54) is 0 Å². The molecule has 23 heavy (non-hydrogen) atoms. The van der Waals surface area contributed by atoms with Crippen LogP contribution in [-0.2, 0) is 11.3 Å². The maximum Gasteiger partial charge on any atom is 0.244 e. The minimum absolute atomic E-state index is 0.0919. The smallest absolute Gasteiger partial charge is 0.244 e. The molecule has 0 fully saturated rings. The van der Waals surface area contributed by atoms with E-state index in [9.17, 15) is 4.79 Å². The predicted molar refractivity (Wildman–Crippen MR) is 92.3 cm³/mol. The van der Waals surface area contributed by atoms with Crippen molar-refractivity contribution in [2.24, 2.45) is 0 Å². The Hall–Kier alpha value is -2.45. The lowest BCUT2D eigenvalue weighted by Gasteiger charge is -2.08. The Kier molecular flexibility index (Phi) is 4.54. The maximum atomic E-state index is 12.3. The van der Waals surface area contributed by atoms with Crippen molar-refractivity contribution in [1.82, 2.24) is 14.8 Å². The number of rotatable bonds is 5. The fourth-order valence-corrected chi connectivity index (χ4v) is 3.00. The van der Waals surface area contributed by atoms with Crippen LogP contribution in [0.1, 0.15) is 0 Å². The van der Waals surface area contributed by atoms with E-state index in [-0.39, 0.29) is 12.5 Å². The Labute approximate surface area is 141 Å². The summed E-state index contributed by atoms with van der Waals surface area (Å²) < 4.78 is 7.19. The largest absolute Gasteiger partial charge is 0.497 e. The highest BCUT2D eigenvalue weighted by atomic mass is 32.1. The van der Waals surface area contributed by atoms with Gasteiger partial charge in [0.1, 0.15) is 12.3 Å². The van der Waals surface area contributed by atoms with E-state index in [4.69, 9.17) is 17.0 Å². The molecule has 2 heterocycles. The van der Waals surface area contributed by atoms with Crippen LogP contribution in [-0.4, -0.2) is 27.8 Å². The Bertz CT molecular complexity index is 850.